The van der Waals surface area contributed by atoms with Crippen LogP contribution in [0.1, 0.15) is 25.8 Å². The smallest absolute Gasteiger partial charge is 0.404 e. The summed E-state index contributed by atoms with van der Waals surface area (Å²) in [7, 11) is 0. The zero-order valence-electron chi connectivity index (χ0n) is 16.1. The van der Waals surface area contributed by atoms with Gasteiger partial charge in [0, 0.05) is 12.1 Å². The van der Waals surface area contributed by atoms with E-state index in [0.717, 1.165) is 5.56 Å². The first kappa shape index (κ1) is 22.1. The lowest BCUT2D eigenvalue weighted by atomic mass is 10.1. The van der Waals surface area contributed by atoms with Gasteiger partial charge in [-0.1, -0.05) is 38.1 Å². The predicted octanol–water partition coefficient (Wildman–Crippen LogP) is 4.50. The summed E-state index contributed by atoms with van der Waals surface area (Å²) in [5.41, 5.74) is 7.25. The third-order valence-corrected chi connectivity index (χ3v) is 3.61. The number of nitrogens with zero attached hydrogens (tertiary/aromatic N) is 1. The summed E-state index contributed by atoms with van der Waals surface area (Å²) in [6.45, 7) is 4.09. The van der Waals surface area contributed by atoms with Crippen LogP contribution in [0.2, 0.25) is 0 Å². The standard InChI is InChI=1S/C20H23F3N4O2/c1-13(2)10-18(28)26-15-7-5-6-14(11-15)12-25-19(24)27-16-8-3-4-9-17(16)29-20(21,22)23/h3-9,11,13H,10,12H2,1-2H3,(H,26,28)(H3,24,25,27). The largest absolute Gasteiger partial charge is 0.573 e. The van der Waals surface area contributed by atoms with Gasteiger partial charge in [0.25, 0.3) is 0 Å². The minimum atomic E-state index is -4.82. The second-order valence-corrected chi connectivity index (χ2v) is 6.72. The second-order valence-electron chi connectivity index (χ2n) is 6.72. The monoisotopic (exact) mass is 408 g/mol. The lowest BCUT2D eigenvalue weighted by Crippen LogP contribution is -2.24. The minimum absolute atomic E-state index is 0.0424. The number of alkyl halides is 3. The van der Waals surface area contributed by atoms with Gasteiger partial charge in [0.15, 0.2) is 11.7 Å². The molecule has 0 unspecified atom stereocenters. The average Bonchev–Trinajstić information content (AvgIpc) is 2.60. The number of anilines is 2. The molecule has 0 atom stereocenters. The topological polar surface area (TPSA) is 88.7 Å². The van der Waals surface area contributed by atoms with Crippen molar-refractivity contribution >= 4 is 23.2 Å². The number of ether oxygens (including phenoxy) is 1. The van der Waals surface area contributed by atoms with Crippen LogP contribution in [-0.2, 0) is 11.3 Å². The van der Waals surface area contributed by atoms with Crippen molar-refractivity contribution in [3.63, 3.8) is 0 Å². The molecule has 0 saturated heterocycles. The molecule has 0 aliphatic heterocycles. The van der Waals surface area contributed by atoms with Gasteiger partial charge in [-0.25, -0.2) is 4.99 Å². The number of nitrogens with one attached hydrogen (secondary N) is 2. The molecule has 0 radical (unpaired) electrons. The molecule has 0 saturated carbocycles. The highest BCUT2D eigenvalue weighted by Crippen LogP contribution is 2.29. The second kappa shape index (κ2) is 9.81. The quantitative estimate of drug-likeness (QED) is 0.465. The molecule has 0 aliphatic rings. The van der Waals surface area contributed by atoms with Gasteiger partial charge in [0.1, 0.15) is 0 Å². The summed E-state index contributed by atoms with van der Waals surface area (Å²) in [6.07, 6.45) is -4.40. The summed E-state index contributed by atoms with van der Waals surface area (Å²) >= 11 is 0. The number of carbonyl (C=O) groups is 1. The molecule has 2 rings (SSSR count). The summed E-state index contributed by atoms with van der Waals surface area (Å²) < 4.78 is 41.4. The van der Waals surface area contributed by atoms with Crippen LogP contribution in [0.5, 0.6) is 5.75 Å². The number of nitrogens with two attached hydrogens (primary N) is 1. The molecular formula is C20H23F3N4O2. The molecule has 0 heterocycles. The van der Waals surface area contributed by atoms with Gasteiger partial charge in [-0.15, -0.1) is 13.2 Å². The molecule has 1 amide bonds. The molecule has 2 aromatic rings. The summed E-state index contributed by atoms with van der Waals surface area (Å²) in [5.74, 6) is -0.313. The Morgan fingerprint density at radius 3 is 2.55 bits per heavy atom. The zero-order valence-corrected chi connectivity index (χ0v) is 16.1. The highest BCUT2D eigenvalue weighted by Gasteiger charge is 2.32. The molecule has 0 spiro atoms. The lowest BCUT2D eigenvalue weighted by molar-refractivity contribution is -0.274. The number of hydrogen-bond acceptors (Lipinski definition) is 3. The number of aliphatic imine (C=N–C) groups is 1. The van der Waals surface area contributed by atoms with Crippen molar-refractivity contribution in [2.75, 3.05) is 10.6 Å². The maximum absolute atomic E-state index is 12.5. The van der Waals surface area contributed by atoms with Gasteiger partial charge in [0.05, 0.1) is 12.2 Å². The van der Waals surface area contributed by atoms with Gasteiger partial charge in [0.2, 0.25) is 5.91 Å². The third-order valence-electron chi connectivity index (χ3n) is 3.61. The Morgan fingerprint density at radius 2 is 1.86 bits per heavy atom. The van der Waals surface area contributed by atoms with Crippen molar-refractivity contribution in [2.45, 2.75) is 33.2 Å². The number of benzene rings is 2. The van der Waals surface area contributed by atoms with Crippen molar-refractivity contribution < 1.29 is 22.7 Å². The number of para-hydroxylation sites is 2. The molecule has 0 bridgehead atoms. The van der Waals surface area contributed by atoms with Gasteiger partial charge in [-0.2, -0.15) is 0 Å². The fourth-order valence-electron chi connectivity index (χ4n) is 2.47. The molecule has 0 fully saturated rings. The van der Waals surface area contributed by atoms with Crippen LogP contribution >= 0.6 is 0 Å². The minimum Gasteiger partial charge on any atom is -0.404 e. The summed E-state index contributed by atoms with van der Waals surface area (Å²) in [6, 6.07) is 12.6. The Hall–Kier alpha value is -3.23. The van der Waals surface area contributed by atoms with Crippen LogP contribution < -0.4 is 21.1 Å². The molecule has 29 heavy (non-hydrogen) atoms. The van der Waals surface area contributed by atoms with Crippen molar-refractivity contribution in [2.24, 2.45) is 16.6 Å². The highest BCUT2D eigenvalue weighted by molar-refractivity contribution is 5.93. The number of guanidine groups is 1. The van der Waals surface area contributed by atoms with Gasteiger partial charge in [-0.3, -0.25) is 4.79 Å². The Morgan fingerprint density at radius 1 is 1.14 bits per heavy atom. The van der Waals surface area contributed by atoms with E-state index in [0.29, 0.717) is 12.1 Å². The number of carbonyl (C=O) groups excluding carboxylic acids is 1. The molecule has 0 aromatic heterocycles. The van der Waals surface area contributed by atoms with E-state index in [1.165, 1.54) is 18.2 Å². The maximum atomic E-state index is 12.5. The first-order chi connectivity index (χ1) is 13.6. The van der Waals surface area contributed by atoms with E-state index in [2.05, 4.69) is 20.4 Å². The summed E-state index contributed by atoms with van der Waals surface area (Å²) in [4.78, 5) is 16.0. The van der Waals surface area contributed by atoms with Crippen LogP contribution in [0.3, 0.4) is 0 Å². The Kier molecular flexibility index (Phi) is 7.46. The maximum Gasteiger partial charge on any atom is 0.573 e. The van der Waals surface area contributed by atoms with Crippen molar-refractivity contribution in [3.05, 3.63) is 54.1 Å². The van der Waals surface area contributed by atoms with Gasteiger partial charge < -0.3 is 21.1 Å². The van der Waals surface area contributed by atoms with Gasteiger partial charge >= 0.3 is 6.36 Å². The highest BCUT2D eigenvalue weighted by atomic mass is 19.4. The van der Waals surface area contributed by atoms with Crippen molar-refractivity contribution in [3.8, 4) is 5.75 Å². The van der Waals surface area contributed by atoms with E-state index in [1.807, 2.05) is 13.8 Å². The Bertz CT molecular complexity index is 867. The first-order valence-electron chi connectivity index (χ1n) is 8.93. The van der Waals surface area contributed by atoms with E-state index < -0.39 is 12.1 Å². The van der Waals surface area contributed by atoms with E-state index in [1.54, 1.807) is 30.3 Å². The number of rotatable bonds is 7. The van der Waals surface area contributed by atoms with Crippen LogP contribution in [0.4, 0.5) is 24.5 Å². The first-order valence-corrected chi connectivity index (χ1v) is 8.93. The van der Waals surface area contributed by atoms with Crippen LogP contribution in [0, 0.1) is 5.92 Å². The van der Waals surface area contributed by atoms with E-state index >= 15 is 0 Å². The fraction of sp³-hybridized carbons (Fsp3) is 0.300. The van der Waals surface area contributed by atoms with E-state index in [-0.39, 0.29) is 30.0 Å². The number of halogens is 3. The normalized spacial score (nSPS) is 12.0. The van der Waals surface area contributed by atoms with E-state index in [4.69, 9.17) is 5.73 Å². The predicted molar refractivity (Wildman–Crippen MR) is 107 cm³/mol. The zero-order chi connectivity index (χ0) is 21.4. The summed E-state index contributed by atoms with van der Waals surface area (Å²) in [5, 5.41) is 5.42. The molecule has 2 aromatic carbocycles. The van der Waals surface area contributed by atoms with Gasteiger partial charge in [-0.05, 0) is 35.7 Å². The molecule has 9 heteroatoms. The fourth-order valence-corrected chi connectivity index (χ4v) is 2.47. The Labute approximate surface area is 167 Å². The SMILES string of the molecule is CC(C)CC(=O)Nc1cccc(CN=C(N)Nc2ccccc2OC(F)(F)F)c1. The molecule has 6 nitrogen and oxygen atoms in total. The van der Waals surface area contributed by atoms with Crippen LogP contribution in [0.25, 0.3) is 0 Å². The third kappa shape index (κ3) is 8.12. The molecule has 156 valence electrons. The van der Waals surface area contributed by atoms with Crippen LogP contribution in [0.15, 0.2) is 53.5 Å². The lowest BCUT2D eigenvalue weighted by Gasteiger charge is -2.14. The number of hydrogen-bond donors (Lipinski definition) is 3. The molecular weight excluding hydrogens is 385 g/mol. The number of amides is 1. The van der Waals surface area contributed by atoms with Crippen LogP contribution in [-0.4, -0.2) is 18.2 Å². The van der Waals surface area contributed by atoms with E-state index in [9.17, 15) is 18.0 Å². The Balaban J connectivity index is 2.02. The van der Waals surface area contributed by atoms with Crippen molar-refractivity contribution in [1.82, 2.24) is 0 Å². The van der Waals surface area contributed by atoms with Crippen molar-refractivity contribution in [1.29, 1.82) is 0 Å². The molecule has 0 aliphatic carbocycles. The molecule has 4 N–H and O–H groups in total. The average molecular weight is 408 g/mol.